The van der Waals surface area contributed by atoms with Crippen molar-refractivity contribution in [1.29, 1.82) is 0 Å². The molecule has 1 N–H and O–H groups in total. The molecule has 2 rings (SSSR count). The van der Waals surface area contributed by atoms with E-state index in [1.807, 2.05) is 0 Å². The molecule has 1 aliphatic rings. The fourth-order valence-corrected chi connectivity index (χ4v) is 3.07. The molecule has 0 bridgehead atoms. The molecule has 1 aromatic carbocycles. The number of piperidine rings is 1. The van der Waals surface area contributed by atoms with Crippen molar-refractivity contribution >= 4 is 0 Å². The van der Waals surface area contributed by atoms with Gasteiger partial charge in [-0.05, 0) is 44.0 Å². The monoisotopic (exact) mass is 246 g/mol. The van der Waals surface area contributed by atoms with Crippen LogP contribution in [0.1, 0.15) is 30.9 Å². The lowest BCUT2D eigenvalue weighted by Gasteiger charge is -2.38. The lowest BCUT2D eigenvalue weighted by molar-refractivity contribution is 0.132. The predicted molar refractivity (Wildman–Crippen MR) is 77.7 cm³/mol. The summed E-state index contributed by atoms with van der Waals surface area (Å²) in [5.74, 6) is 0.799. The molecule has 0 saturated carbocycles. The molecule has 1 aliphatic heterocycles. The van der Waals surface area contributed by atoms with Gasteiger partial charge in [-0.25, -0.2) is 0 Å². The van der Waals surface area contributed by atoms with E-state index < -0.39 is 0 Å². The van der Waals surface area contributed by atoms with Crippen molar-refractivity contribution in [3.8, 4) is 0 Å². The third-order valence-corrected chi connectivity index (χ3v) is 4.37. The molecule has 0 radical (unpaired) electrons. The number of hydrogen-bond donors (Lipinski definition) is 1. The van der Waals surface area contributed by atoms with Gasteiger partial charge >= 0.3 is 0 Å². The van der Waals surface area contributed by atoms with Gasteiger partial charge in [0.2, 0.25) is 0 Å². The fraction of sp³-hybridized carbons (Fsp3) is 0.625. The Morgan fingerprint density at radius 3 is 2.78 bits per heavy atom. The molecule has 1 fully saturated rings. The highest BCUT2D eigenvalue weighted by Gasteiger charge is 2.26. The van der Waals surface area contributed by atoms with Gasteiger partial charge in [-0.3, -0.25) is 4.90 Å². The van der Waals surface area contributed by atoms with Crippen LogP contribution >= 0.6 is 0 Å². The Bertz CT molecular complexity index is 375. The molecule has 2 unspecified atom stereocenters. The molecular formula is C16H26N2. The lowest BCUT2D eigenvalue weighted by Crippen LogP contribution is -2.47. The summed E-state index contributed by atoms with van der Waals surface area (Å²) in [6.07, 6.45) is 2.55. The Kier molecular flexibility index (Phi) is 4.79. The highest BCUT2D eigenvalue weighted by atomic mass is 15.1. The van der Waals surface area contributed by atoms with Crippen molar-refractivity contribution in [1.82, 2.24) is 10.2 Å². The minimum atomic E-state index is 0.711. The minimum Gasteiger partial charge on any atom is -0.317 e. The summed E-state index contributed by atoms with van der Waals surface area (Å²) in [6.45, 7) is 8.09. The quantitative estimate of drug-likeness (QED) is 0.879. The second kappa shape index (κ2) is 6.35. The average molecular weight is 246 g/mol. The van der Waals surface area contributed by atoms with Crippen LogP contribution < -0.4 is 5.32 Å². The zero-order valence-electron chi connectivity index (χ0n) is 11.9. The molecular weight excluding hydrogens is 220 g/mol. The maximum Gasteiger partial charge on any atom is 0.0236 e. The third-order valence-electron chi connectivity index (χ3n) is 4.37. The molecule has 2 atom stereocenters. The Morgan fingerprint density at radius 2 is 2.11 bits per heavy atom. The van der Waals surface area contributed by atoms with Crippen LogP contribution in [0.3, 0.4) is 0 Å². The Hall–Kier alpha value is -0.860. The molecule has 1 saturated heterocycles. The highest BCUT2D eigenvalue weighted by molar-refractivity contribution is 5.25. The summed E-state index contributed by atoms with van der Waals surface area (Å²) in [4.78, 5) is 2.62. The van der Waals surface area contributed by atoms with E-state index in [2.05, 4.69) is 55.4 Å². The van der Waals surface area contributed by atoms with Crippen molar-refractivity contribution in [2.75, 3.05) is 20.1 Å². The first kappa shape index (κ1) is 13.6. The van der Waals surface area contributed by atoms with E-state index >= 15 is 0 Å². The number of nitrogens with one attached hydrogen (secondary N) is 1. The number of benzene rings is 1. The summed E-state index contributed by atoms with van der Waals surface area (Å²) in [5, 5.41) is 3.47. The highest BCUT2D eigenvalue weighted by Crippen LogP contribution is 2.22. The summed E-state index contributed by atoms with van der Waals surface area (Å²) in [6, 6.07) is 9.47. The van der Waals surface area contributed by atoms with Crippen LogP contribution in [0, 0.1) is 12.8 Å². The number of nitrogens with zero attached hydrogens (tertiary/aromatic N) is 1. The number of likely N-dealkylation sites (tertiary alicyclic amines) is 1. The second-order valence-corrected chi connectivity index (χ2v) is 5.51. The van der Waals surface area contributed by atoms with Gasteiger partial charge in [-0.15, -0.1) is 0 Å². The maximum absolute atomic E-state index is 3.47. The summed E-state index contributed by atoms with van der Waals surface area (Å²) < 4.78 is 0. The lowest BCUT2D eigenvalue weighted by atomic mass is 9.89. The number of hydrogen-bond acceptors (Lipinski definition) is 2. The summed E-state index contributed by atoms with van der Waals surface area (Å²) in [7, 11) is 2.10. The van der Waals surface area contributed by atoms with Crippen molar-refractivity contribution in [3.05, 3.63) is 35.4 Å². The van der Waals surface area contributed by atoms with Gasteiger partial charge in [0, 0.05) is 19.1 Å². The van der Waals surface area contributed by atoms with E-state index in [1.165, 1.54) is 37.1 Å². The van der Waals surface area contributed by atoms with Crippen LogP contribution in [0.2, 0.25) is 0 Å². The fourth-order valence-electron chi connectivity index (χ4n) is 3.07. The maximum atomic E-state index is 3.47. The smallest absolute Gasteiger partial charge is 0.0236 e. The Morgan fingerprint density at radius 1 is 1.33 bits per heavy atom. The van der Waals surface area contributed by atoms with E-state index in [1.54, 1.807) is 0 Å². The SMILES string of the molecule is CCC1CN(Cc2ccccc2C)CCC1NC. The molecule has 1 heterocycles. The predicted octanol–water partition coefficient (Wildman–Crippen LogP) is 2.81. The third kappa shape index (κ3) is 3.12. The topological polar surface area (TPSA) is 15.3 Å². The Balaban J connectivity index is 1.97. The van der Waals surface area contributed by atoms with Crippen LogP contribution in [0.5, 0.6) is 0 Å². The molecule has 1 aromatic rings. The number of aryl methyl sites for hydroxylation is 1. The largest absolute Gasteiger partial charge is 0.317 e. The molecule has 18 heavy (non-hydrogen) atoms. The summed E-state index contributed by atoms with van der Waals surface area (Å²) >= 11 is 0. The van der Waals surface area contributed by atoms with Crippen LogP contribution in [0.25, 0.3) is 0 Å². The van der Waals surface area contributed by atoms with E-state index in [4.69, 9.17) is 0 Å². The van der Waals surface area contributed by atoms with Gasteiger partial charge in [0.1, 0.15) is 0 Å². The minimum absolute atomic E-state index is 0.711. The van der Waals surface area contributed by atoms with E-state index in [0.29, 0.717) is 6.04 Å². The molecule has 2 nitrogen and oxygen atoms in total. The summed E-state index contributed by atoms with van der Waals surface area (Å²) in [5.41, 5.74) is 2.90. The van der Waals surface area contributed by atoms with E-state index in [9.17, 15) is 0 Å². The van der Waals surface area contributed by atoms with E-state index in [0.717, 1.165) is 12.5 Å². The molecule has 0 amide bonds. The molecule has 0 aromatic heterocycles. The normalized spacial score (nSPS) is 25.3. The van der Waals surface area contributed by atoms with Gasteiger partial charge in [-0.1, -0.05) is 37.6 Å². The van der Waals surface area contributed by atoms with Gasteiger partial charge in [0.15, 0.2) is 0 Å². The molecule has 0 aliphatic carbocycles. The average Bonchev–Trinajstić information content (AvgIpc) is 2.41. The second-order valence-electron chi connectivity index (χ2n) is 5.51. The van der Waals surface area contributed by atoms with E-state index in [-0.39, 0.29) is 0 Å². The molecule has 2 heteroatoms. The van der Waals surface area contributed by atoms with Crippen molar-refractivity contribution in [3.63, 3.8) is 0 Å². The first-order chi connectivity index (χ1) is 8.74. The zero-order valence-corrected chi connectivity index (χ0v) is 11.9. The standard InChI is InChI=1S/C16H26N2/c1-4-14-11-18(10-9-16(14)17-3)12-15-8-6-5-7-13(15)2/h5-8,14,16-17H,4,9-12H2,1-3H3. The first-order valence-electron chi connectivity index (χ1n) is 7.18. The van der Waals surface area contributed by atoms with Gasteiger partial charge in [-0.2, -0.15) is 0 Å². The Labute approximate surface area is 111 Å². The van der Waals surface area contributed by atoms with Crippen molar-refractivity contribution in [2.24, 2.45) is 5.92 Å². The van der Waals surface area contributed by atoms with Gasteiger partial charge in [0.25, 0.3) is 0 Å². The van der Waals surface area contributed by atoms with Crippen LogP contribution in [0.4, 0.5) is 0 Å². The molecule has 0 spiro atoms. The first-order valence-corrected chi connectivity index (χ1v) is 7.18. The number of rotatable bonds is 4. The zero-order chi connectivity index (χ0) is 13.0. The van der Waals surface area contributed by atoms with Crippen molar-refractivity contribution < 1.29 is 0 Å². The van der Waals surface area contributed by atoms with Crippen LogP contribution in [-0.4, -0.2) is 31.1 Å². The van der Waals surface area contributed by atoms with Crippen LogP contribution in [0.15, 0.2) is 24.3 Å². The van der Waals surface area contributed by atoms with Gasteiger partial charge in [0.05, 0.1) is 0 Å². The molecule has 100 valence electrons. The van der Waals surface area contributed by atoms with Crippen LogP contribution in [-0.2, 0) is 6.54 Å². The van der Waals surface area contributed by atoms with Crippen molar-refractivity contribution in [2.45, 2.75) is 39.3 Å². The van der Waals surface area contributed by atoms with Gasteiger partial charge < -0.3 is 5.32 Å².